The van der Waals surface area contributed by atoms with Gasteiger partial charge in [-0.1, -0.05) is 18.2 Å². The van der Waals surface area contributed by atoms with E-state index in [0.717, 1.165) is 63.4 Å². The molecule has 0 aromatic heterocycles. The molecule has 1 aromatic carbocycles. The zero-order valence-electron chi connectivity index (χ0n) is 18.1. The molecule has 6 nitrogen and oxygen atoms in total. The molecule has 0 radical (unpaired) electrons. The van der Waals surface area contributed by atoms with Crippen LogP contribution in [0.5, 0.6) is 0 Å². The lowest BCUT2D eigenvalue weighted by Crippen LogP contribution is -2.57. The lowest BCUT2D eigenvalue weighted by molar-refractivity contribution is -0.138. The van der Waals surface area contributed by atoms with E-state index in [1.165, 1.54) is 0 Å². The number of rotatable bonds is 5. The normalized spacial score (nSPS) is 21.1. The van der Waals surface area contributed by atoms with Gasteiger partial charge in [-0.25, -0.2) is 0 Å². The third-order valence-corrected chi connectivity index (χ3v) is 6.70. The average Bonchev–Trinajstić information content (AvgIpc) is 2.78. The SMILES string of the molecule is CCNC(=S)N1CCC([C@@H](NC(=O)c2ccccc2)C(=O)N2CCCC[C@@H]2C)CC1. The molecule has 164 valence electrons. The summed E-state index contributed by atoms with van der Waals surface area (Å²) in [7, 11) is 0. The number of likely N-dealkylation sites (tertiary alicyclic amines) is 2. The Morgan fingerprint density at radius 2 is 1.80 bits per heavy atom. The minimum atomic E-state index is -0.492. The third kappa shape index (κ3) is 5.50. The number of piperidine rings is 2. The summed E-state index contributed by atoms with van der Waals surface area (Å²) in [6, 6.07) is 8.89. The van der Waals surface area contributed by atoms with Crippen LogP contribution in [-0.4, -0.2) is 65.0 Å². The molecule has 2 fully saturated rings. The Balaban J connectivity index is 1.73. The lowest BCUT2D eigenvalue weighted by Gasteiger charge is -2.41. The second-order valence-electron chi connectivity index (χ2n) is 8.35. The van der Waals surface area contributed by atoms with E-state index in [2.05, 4.69) is 22.5 Å². The van der Waals surface area contributed by atoms with Crippen molar-refractivity contribution in [1.82, 2.24) is 20.4 Å². The number of nitrogens with one attached hydrogen (secondary N) is 2. The van der Waals surface area contributed by atoms with Gasteiger partial charge in [-0.15, -0.1) is 0 Å². The van der Waals surface area contributed by atoms with E-state index in [0.29, 0.717) is 5.56 Å². The van der Waals surface area contributed by atoms with Crippen molar-refractivity contribution in [3.8, 4) is 0 Å². The highest BCUT2D eigenvalue weighted by molar-refractivity contribution is 7.80. The molecule has 30 heavy (non-hydrogen) atoms. The Hall–Kier alpha value is -2.15. The molecule has 0 bridgehead atoms. The Bertz CT molecular complexity index is 734. The van der Waals surface area contributed by atoms with Crippen molar-refractivity contribution in [2.45, 2.75) is 58.0 Å². The summed E-state index contributed by atoms with van der Waals surface area (Å²) in [5.74, 6) is 0.00312. The molecule has 0 unspecified atom stereocenters. The van der Waals surface area contributed by atoms with E-state index in [1.54, 1.807) is 12.1 Å². The van der Waals surface area contributed by atoms with Crippen molar-refractivity contribution in [2.24, 2.45) is 5.92 Å². The van der Waals surface area contributed by atoms with Crippen molar-refractivity contribution in [3.05, 3.63) is 35.9 Å². The second-order valence-corrected chi connectivity index (χ2v) is 8.74. The van der Waals surface area contributed by atoms with Gasteiger partial charge in [0.05, 0.1) is 0 Å². The highest BCUT2D eigenvalue weighted by atomic mass is 32.1. The number of thiocarbonyl (C=S) groups is 1. The first kappa shape index (κ1) is 22.5. The molecule has 2 amide bonds. The van der Waals surface area contributed by atoms with Crippen LogP contribution in [0.3, 0.4) is 0 Å². The van der Waals surface area contributed by atoms with Gasteiger partial charge in [-0.05, 0) is 76.2 Å². The van der Waals surface area contributed by atoms with Gasteiger partial charge >= 0.3 is 0 Å². The summed E-state index contributed by atoms with van der Waals surface area (Å²) < 4.78 is 0. The third-order valence-electron chi connectivity index (χ3n) is 6.30. The van der Waals surface area contributed by atoms with Crippen LogP contribution in [0.25, 0.3) is 0 Å². The van der Waals surface area contributed by atoms with Gasteiger partial charge in [-0.2, -0.15) is 0 Å². The van der Waals surface area contributed by atoms with Gasteiger partial charge in [0, 0.05) is 37.8 Å². The largest absolute Gasteiger partial charge is 0.363 e. The predicted octanol–water partition coefficient (Wildman–Crippen LogP) is 2.79. The standard InChI is InChI=1S/C23H34N4O2S/c1-3-24-23(30)26-15-12-18(13-16-26)20(22(29)27-14-8-7-9-17(27)2)25-21(28)19-10-5-4-6-11-19/h4-6,10-11,17-18,20H,3,7-9,12-16H2,1-2H3,(H,24,30)(H,25,28)/t17-,20+/m0/s1. The highest BCUT2D eigenvalue weighted by Gasteiger charge is 2.37. The van der Waals surface area contributed by atoms with Crippen LogP contribution in [-0.2, 0) is 4.79 Å². The zero-order valence-corrected chi connectivity index (χ0v) is 18.9. The monoisotopic (exact) mass is 430 g/mol. The molecule has 7 heteroatoms. The molecular weight excluding hydrogens is 396 g/mol. The molecule has 2 N–H and O–H groups in total. The van der Waals surface area contributed by atoms with E-state index in [1.807, 2.05) is 30.0 Å². The first-order chi connectivity index (χ1) is 14.5. The maximum atomic E-state index is 13.6. The molecule has 0 saturated carbocycles. The Morgan fingerprint density at radius 1 is 1.10 bits per heavy atom. The van der Waals surface area contributed by atoms with Crippen molar-refractivity contribution >= 4 is 29.1 Å². The number of benzene rings is 1. The molecule has 0 aliphatic carbocycles. The first-order valence-corrected chi connectivity index (χ1v) is 11.6. The summed E-state index contributed by atoms with van der Waals surface area (Å²) in [6.07, 6.45) is 4.88. The summed E-state index contributed by atoms with van der Waals surface area (Å²) >= 11 is 5.45. The van der Waals surface area contributed by atoms with Crippen LogP contribution in [0.2, 0.25) is 0 Å². The fourth-order valence-electron chi connectivity index (χ4n) is 4.50. The van der Waals surface area contributed by atoms with Gasteiger partial charge in [-0.3, -0.25) is 9.59 Å². The average molecular weight is 431 g/mol. The zero-order chi connectivity index (χ0) is 21.5. The van der Waals surface area contributed by atoms with E-state index in [9.17, 15) is 9.59 Å². The smallest absolute Gasteiger partial charge is 0.251 e. The number of hydrogen-bond acceptors (Lipinski definition) is 3. The molecular formula is C23H34N4O2S. The number of carbonyl (C=O) groups is 2. The molecule has 1 aromatic rings. The molecule has 2 saturated heterocycles. The fraction of sp³-hybridized carbons (Fsp3) is 0.609. The lowest BCUT2D eigenvalue weighted by atomic mass is 9.87. The summed E-state index contributed by atoms with van der Waals surface area (Å²) in [5.41, 5.74) is 0.591. The maximum absolute atomic E-state index is 13.6. The fourth-order valence-corrected chi connectivity index (χ4v) is 4.83. The van der Waals surface area contributed by atoms with E-state index >= 15 is 0 Å². The Kier molecular flexibility index (Phi) is 8.08. The quantitative estimate of drug-likeness (QED) is 0.704. The van der Waals surface area contributed by atoms with Gasteiger partial charge in [0.25, 0.3) is 5.91 Å². The van der Waals surface area contributed by atoms with Gasteiger partial charge in [0.1, 0.15) is 6.04 Å². The molecule has 2 aliphatic heterocycles. The summed E-state index contributed by atoms with van der Waals surface area (Å²) in [5, 5.41) is 7.07. The minimum Gasteiger partial charge on any atom is -0.363 e. The maximum Gasteiger partial charge on any atom is 0.251 e. The van der Waals surface area contributed by atoms with Crippen molar-refractivity contribution in [2.75, 3.05) is 26.2 Å². The molecule has 2 aliphatic rings. The van der Waals surface area contributed by atoms with Crippen LogP contribution >= 0.6 is 12.2 Å². The van der Waals surface area contributed by atoms with Crippen molar-refractivity contribution < 1.29 is 9.59 Å². The van der Waals surface area contributed by atoms with Crippen molar-refractivity contribution in [3.63, 3.8) is 0 Å². The molecule has 0 spiro atoms. The van der Waals surface area contributed by atoms with Crippen LogP contribution in [0, 0.1) is 5.92 Å². The van der Waals surface area contributed by atoms with Gasteiger partial charge < -0.3 is 20.4 Å². The van der Waals surface area contributed by atoms with E-state index < -0.39 is 6.04 Å². The van der Waals surface area contributed by atoms with Crippen LogP contribution in [0.15, 0.2) is 30.3 Å². The van der Waals surface area contributed by atoms with Gasteiger partial charge in [0.2, 0.25) is 5.91 Å². The predicted molar refractivity (Wildman–Crippen MR) is 123 cm³/mol. The second kappa shape index (κ2) is 10.8. The molecule has 2 heterocycles. The van der Waals surface area contributed by atoms with Crippen LogP contribution < -0.4 is 10.6 Å². The Labute approximate surface area is 185 Å². The number of hydrogen-bond donors (Lipinski definition) is 2. The number of carbonyl (C=O) groups excluding carboxylic acids is 2. The first-order valence-electron chi connectivity index (χ1n) is 11.2. The summed E-state index contributed by atoms with van der Waals surface area (Å²) in [4.78, 5) is 30.6. The Morgan fingerprint density at radius 3 is 2.43 bits per heavy atom. The van der Waals surface area contributed by atoms with E-state index in [-0.39, 0.29) is 23.8 Å². The van der Waals surface area contributed by atoms with Gasteiger partial charge in [0.15, 0.2) is 5.11 Å². The highest BCUT2D eigenvalue weighted by Crippen LogP contribution is 2.25. The molecule has 3 rings (SSSR count). The summed E-state index contributed by atoms with van der Waals surface area (Å²) in [6.45, 7) is 7.34. The number of nitrogens with zero attached hydrogens (tertiary/aromatic N) is 2. The topological polar surface area (TPSA) is 64.7 Å². The van der Waals surface area contributed by atoms with Crippen LogP contribution in [0.4, 0.5) is 0 Å². The van der Waals surface area contributed by atoms with E-state index in [4.69, 9.17) is 12.2 Å². The molecule has 2 atom stereocenters. The number of amides is 2. The van der Waals surface area contributed by atoms with Crippen LogP contribution in [0.1, 0.15) is 56.3 Å². The minimum absolute atomic E-state index is 0.0687. The van der Waals surface area contributed by atoms with Crippen molar-refractivity contribution in [1.29, 1.82) is 0 Å².